The van der Waals surface area contributed by atoms with Crippen LogP contribution in [0.3, 0.4) is 0 Å². The first kappa shape index (κ1) is 16.6. The first-order chi connectivity index (χ1) is 12.5. The SMILES string of the molecule is CS(=O)(=O)Nc1cccc(-c2cnc3sc(NCc4ccco4)nn23)c1. The van der Waals surface area contributed by atoms with E-state index in [1.165, 1.54) is 11.3 Å². The molecule has 26 heavy (non-hydrogen) atoms. The molecule has 0 unspecified atom stereocenters. The molecule has 0 amide bonds. The lowest BCUT2D eigenvalue weighted by Crippen LogP contribution is -2.09. The van der Waals surface area contributed by atoms with Gasteiger partial charge in [0.1, 0.15) is 5.76 Å². The molecule has 0 saturated carbocycles. The Morgan fingerprint density at radius 2 is 2.15 bits per heavy atom. The predicted molar refractivity (Wildman–Crippen MR) is 101 cm³/mol. The largest absolute Gasteiger partial charge is 0.467 e. The van der Waals surface area contributed by atoms with Crippen LogP contribution in [0.2, 0.25) is 0 Å². The van der Waals surface area contributed by atoms with E-state index in [1.807, 2.05) is 18.2 Å². The number of hydrogen-bond acceptors (Lipinski definition) is 7. The second-order valence-electron chi connectivity index (χ2n) is 5.63. The minimum atomic E-state index is -3.33. The average Bonchev–Trinajstić information content (AvgIpc) is 3.28. The normalized spacial score (nSPS) is 11.7. The van der Waals surface area contributed by atoms with Crippen molar-refractivity contribution in [3.63, 3.8) is 0 Å². The molecule has 10 heteroatoms. The molecule has 8 nitrogen and oxygen atoms in total. The summed E-state index contributed by atoms with van der Waals surface area (Å²) in [7, 11) is -3.33. The molecular formula is C16H15N5O3S2. The Balaban J connectivity index is 1.61. The van der Waals surface area contributed by atoms with Gasteiger partial charge in [0.25, 0.3) is 0 Å². The van der Waals surface area contributed by atoms with E-state index in [2.05, 4.69) is 20.1 Å². The lowest BCUT2D eigenvalue weighted by Gasteiger charge is -2.05. The zero-order valence-corrected chi connectivity index (χ0v) is 15.3. The van der Waals surface area contributed by atoms with Crippen molar-refractivity contribution in [1.82, 2.24) is 14.6 Å². The van der Waals surface area contributed by atoms with E-state index in [4.69, 9.17) is 4.42 Å². The van der Waals surface area contributed by atoms with Crippen LogP contribution in [0, 0.1) is 0 Å². The van der Waals surface area contributed by atoms with Gasteiger partial charge in [-0.15, -0.1) is 5.10 Å². The molecule has 3 heterocycles. The van der Waals surface area contributed by atoms with E-state index in [9.17, 15) is 8.42 Å². The topological polar surface area (TPSA) is 102 Å². The summed E-state index contributed by atoms with van der Waals surface area (Å²) in [6.07, 6.45) is 4.46. The molecule has 0 aliphatic carbocycles. The highest BCUT2D eigenvalue weighted by Crippen LogP contribution is 2.28. The highest BCUT2D eigenvalue weighted by Gasteiger charge is 2.13. The van der Waals surface area contributed by atoms with Crippen molar-refractivity contribution in [2.24, 2.45) is 0 Å². The monoisotopic (exact) mass is 389 g/mol. The highest BCUT2D eigenvalue weighted by atomic mass is 32.2. The molecule has 0 radical (unpaired) electrons. The van der Waals surface area contributed by atoms with Crippen molar-refractivity contribution in [1.29, 1.82) is 0 Å². The number of sulfonamides is 1. The molecule has 4 rings (SSSR count). The molecule has 0 aliphatic heterocycles. The number of aromatic nitrogens is 3. The Kier molecular flexibility index (Phi) is 4.13. The van der Waals surface area contributed by atoms with E-state index in [1.54, 1.807) is 35.2 Å². The Hall–Kier alpha value is -2.85. The number of fused-ring (bicyclic) bond motifs is 1. The van der Waals surface area contributed by atoms with Gasteiger partial charge in [0.15, 0.2) is 0 Å². The van der Waals surface area contributed by atoms with Gasteiger partial charge in [-0.25, -0.2) is 17.9 Å². The van der Waals surface area contributed by atoms with Gasteiger partial charge in [0, 0.05) is 11.3 Å². The summed E-state index contributed by atoms with van der Waals surface area (Å²) >= 11 is 1.43. The molecular weight excluding hydrogens is 374 g/mol. The summed E-state index contributed by atoms with van der Waals surface area (Å²) in [5, 5.41) is 8.46. The molecule has 0 spiro atoms. The minimum absolute atomic E-state index is 0.492. The van der Waals surface area contributed by atoms with E-state index >= 15 is 0 Å². The molecule has 2 N–H and O–H groups in total. The van der Waals surface area contributed by atoms with Crippen molar-refractivity contribution in [2.75, 3.05) is 16.3 Å². The van der Waals surface area contributed by atoms with Crippen LogP contribution in [0.4, 0.5) is 10.8 Å². The number of nitrogens with zero attached hydrogens (tertiary/aromatic N) is 3. The summed E-state index contributed by atoms with van der Waals surface area (Å²) in [5.41, 5.74) is 2.08. The van der Waals surface area contributed by atoms with Crippen LogP contribution in [-0.4, -0.2) is 29.3 Å². The smallest absolute Gasteiger partial charge is 0.229 e. The van der Waals surface area contributed by atoms with Gasteiger partial charge >= 0.3 is 0 Å². The Bertz CT molecular complexity index is 1150. The van der Waals surface area contributed by atoms with Crippen molar-refractivity contribution >= 4 is 37.1 Å². The summed E-state index contributed by atoms with van der Waals surface area (Å²) in [6, 6.07) is 10.8. The fourth-order valence-electron chi connectivity index (χ4n) is 2.49. The van der Waals surface area contributed by atoms with Crippen molar-refractivity contribution in [2.45, 2.75) is 6.54 Å². The molecule has 134 valence electrons. The Morgan fingerprint density at radius 3 is 2.92 bits per heavy atom. The van der Waals surface area contributed by atoms with E-state index in [0.29, 0.717) is 12.2 Å². The van der Waals surface area contributed by atoms with Gasteiger partial charge in [-0.3, -0.25) is 4.72 Å². The third-order valence-electron chi connectivity index (χ3n) is 3.54. The van der Waals surface area contributed by atoms with Crippen LogP contribution in [0.1, 0.15) is 5.76 Å². The van der Waals surface area contributed by atoms with Crippen LogP contribution < -0.4 is 10.0 Å². The maximum Gasteiger partial charge on any atom is 0.229 e. The zero-order chi connectivity index (χ0) is 18.1. The molecule has 4 aromatic rings. The molecule has 0 saturated heterocycles. The van der Waals surface area contributed by atoms with Gasteiger partial charge in [0.2, 0.25) is 20.1 Å². The van der Waals surface area contributed by atoms with Gasteiger partial charge in [0.05, 0.1) is 31.0 Å². The predicted octanol–water partition coefficient (Wildman–Crippen LogP) is 3.03. The zero-order valence-electron chi connectivity index (χ0n) is 13.7. The summed E-state index contributed by atoms with van der Waals surface area (Å²) in [4.78, 5) is 5.12. The standard InChI is InChI=1S/C16H15N5O3S2/c1-26(22,23)20-12-5-2-4-11(8-12)14-10-18-16-21(14)19-15(25-16)17-9-13-6-3-7-24-13/h2-8,10,20H,9H2,1H3,(H,17,19). The third kappa shape index (κ3) is 3.55. The van der Waals surface area contributed by atoms with Gasteiger partial charge < -0.3 is 9.73 Å². The van der Waals surface area contributed by atoms with Gasteiger partial charge in [-0.05, 0) is 24.3 Å². The summed E-state index contributed by atoms with van der Waals surface area (Å²) in [6.45, 7) is 0.534. The van der Waals surface area contributed by atoms with Crippen LogP contribution in [0.15, 0.2) is 53.3 Å². The number of imidazole rings is 1. The average molecular weight is 389 g/mol. The number of rotatable bonds is 6. The van der Waals surface area contributed by atoms with E-state index in [0.717, 1.165) is 33.4 Å². The van der Waals surface area contributed by atoms with Gasteiger partial charge in [-0.2, -0.15) is 0 Å². The molecule has 0 aliphatic rings. The number of anilines is 2. The molecule has 3 aromatic heterocycles. The quantitative estimate of drug-likeness (QED) is 0.526. The van der Waals surface area contributed by atoms with Crippen LogP contribution >= 0.6 is 11.3 Å². The minimum Gasteiger partial charge on any atom is -0.467 e. The first-order valence-corrected chi connectivity index (χ1v) is 10.4. The maximum atomic E-state index is 11.4. The van der Waals surface area contributed by atoms with E-state index < -0.39 is 10.0 Å². The molecule has 0 fully saturated rings. The number of benzene rings is 1. The van der Waals surface area contributed by atoms with Crippen molar-refractivity contribution in [3.05, 3.63) is 54.6 Å². The number of nitrogens with one attached hydrogen (secondary N) is 2. The van der Waals surface area contributed by atoms with Crippen molar-refractivity contribution < 1.29 is 12.8 Å². The highest BCUT2D eigenvalue weighted by molar-refractivity contribution is 7.92. The Labute approximate surface area is 153 Å². The van der Waals surface area contributed by atoms with Crippen LogP contribution in [0.25, 0.3) is 16.2 Å². The number of furan rings is 1. The maximum absolute atomic E-state index is 11.4. The molecule has 1 aromatic carbocycles. The van der Waals surface area contributed by atoms with Crippen LogP contribution in [0.5, 0.6) is 0 Å². The molecule has 0 bridgehead atoms. The number of hydrogen-bond donors (Lipinski definition) is 2. The summed E-state index contributed by atoms with van der Waals surface area (Å²) in [5.74, 6) is 0.817. The second kappa shape index (κ2) is 6.46. The fourth-order valence-corrected chi connectivity index (χ4v) is 3.82. The lowest BCUT2D eigenvalue weighted by atomic mass is 10.1. The first-order valence-electron chi connectivity index (χ1n) is 7.67. The van der Waals surface area contributed by atoms with Gasteiger partial charge in [-0.1, -0.05) is 23.5 Å². The lowest BCUT2D eigenvalue weighted by molar-refractivity contribution is 0.518. The van der Waals surface area contributed by atoms with Crippen LogP contribution in [-0.2, 0) is 16.6 Å². The van der Waals surface area contributed by atoms with Crippen molar-refractivity contribution in [3.8, 4) is 11.3 Å². The molecule has 0 atom stereocenters. The third-order valence-corrected chi connectivity index (χ3v) is 5.03. The van der Waals surface area contributed by atoms with E-state index in [-0.39, 0.29) is 0 Å². The Morgan fingerprint density at radius 1 is 1.27 bits per heavy atom. The second-order valence-corrected chi connectivity index (χ2v) is 8.34. The fraction of sp³-hybridized carbons (Fsp3) is 0.125. The summed E-state index contributed by atoms with van der Waals surface area (Å²) < 4.78 is 32.4.